The van der Waals surface area contributed by atoms with Gasteiger partial charge in [0.1, 0.15) is 0 Å². The van der Waals surface area contributed by atoms with Crippen LogP contribution in [0.2, 0.25) is 0 Å². The number of aliphatic hydroxyl groups excluding tert-OH is 1. The third-order valence-corrected chi connectivity index (χ3v) is 1.41. The lowest BCUT2D eigenvalue weighted by atomic mass is 10.1. The monoisotopic (exact) mass is 157 g/mol. The largest absolute Gasteiger partial charge is 0.393 e. The van der Waals surface area contributed by atoms with Crippen LogP contribution in [0.5, 0.6) is 0 Å². The Hall–Kier alpha value is -0.600. The van der Waals surface area contributed by atoms with Gasteiger partial charge in [0.05, 0.1) is 6.10 Å². The van der Waals surface area contributed by atoms with Gasteiger partial charge in [0.15, 0.2) is 0 Å². The summed E-state index contributed by atoms with van der Waals surface area (Å²) >= 11 is 0. The Kier molecular flexibility index (Phi) is 11.1. The lowest BCUT2D eigenvalue weighted by molar-refractivity contribution is 0.157. The van der Waals surface area contributed by atoms with Crippen LogP contribution in [0.4, 0.5) is 0 Å². The molecular formula is C9H19NO. The Labute approximate surface area is 69.2 Å². The van der Waals surface area contributed by atoms with Gasteiger partial charge in [-0.3, -0.25) is 0 Å². The van der Waals surface area contributed by atoms with Gasteiger partial charge in [-0.15, -0.1) is 13.2 Å². The SMILES string of the molecule is C=CCCC(O)CCC=C.N. The van der Waals surface area contributed by atoms with E-state index >= 15 is 0 Å². The molecule has 11 heavy (non-hydrogen) atoms. The summed E-state index contributed by atoms with van der Waals surface area (Å²) < 4.78 is 0. The molecule has 66 valence electrons. The number of hydrogen-bond donors (Lipinski definition) is 2. The smallest absolute Gasteiger partial charge is 0.0546 e. The molecule has 0 atom stereocenters. The topological polar surface area (TPSA) is 55.2 Å². The normalized spacial score (nSPS) is 8.91. The van der Waals surface area contributed by atoms with E-state index in [2.05, 4.69) is 13.2 Å². The van der Waals surface area contributed by atoms with E-state index in [1.807, 2.05) is 12.2 Å². The molecule has 0 unspecified atom stereocenters. The van der Waals surface area contributed by atoms with Crippen LogP contribution in [0.25, 0.3) is 0 Å². The Morgan fingerprint density at radius 3 is 1.73 bits per heavy atom. The zero-order chi connectivity index (χ0) is 7.82. The summed E-state index contributed by atoms with van der Waals surface area (Å²) in [4.78, 5) is 0. The van der Waals surface area contributed by atoms with Gasteiger partial charge in [-0.2, -0.15) is 0 Å². The van der Waals surface area contributed by atoms with E-state index in [4.69, 9.17) is 0 Å². The van der Waals surface area contributed by atoms with E-state index in [-0.39, 0.29) is 12.3 Å². The molecule has 0 aromatic heterocycles. The van der Waals surface area contributed by atoms with E-state index in [9.17, 15) is 5.11 Å². The van der Waals surface area contributed by atoms with Crippen molar-refractivity contribution in [2.75, 3.05) is 0 Å². The fourth-order valence-corrected chi connectivity index (χ4v) is 0.765. The summed E-state index contributed by atoms with van der Waals surface area (Å²) in [5.74, 6) is 0. The summed E-state index contributed by atoms with van der Waals surface area (Å²) in [7, 11) is 0. The van der Waals surface area contributed by atoms with Crippen LogP contribution in [0.1, 0.15) is 25.7 Å². The Morgan fingerprint density at radius 2 is 1.45 bits per heavy atom. The van der Waals surface area contributed by atoms with Crippen molar-refractivity contribution in [1.82, 2.24) is 6.15 Å². The first-order valence-electron chi connectivity index (χ1n) is 3.71. The van der Waals surface area contributed by atoms with Gasteiger partial charge in [0.2, 0.25) is 0 Å². The third-order valence-electron chi connectivity index (χ3n) is 1.41. The second-order valence-corrected chi connectivity index (χ2v) is 2.39. The zero-order valence-electron chi connectivity index (χ0n) is 7.13. The number of aliphatic hydroxyl groups is 1. The van der Waals surface area contributed by atoms with Crippen molar-refractivity contribution in [1.29, 1.82) is 0 Å². The van der Waals surface area contributed by atoms with E-state index in [1.54, 1.807) is 0 Å². The molecule has 0 spiro atoms. The second kappa shape index (κ2) is 9.40. The van der Waals surface area contributed by atoms with Crippen LogP contribution >= 0.6 is 0 Å². The van der Waals surface area contributed by atoms with Gasteiger partial charge in [-0.05, 0) is 25.7 Å². The number of hydrogen-bond acceptors (Lipinski definition) is 2. The van der Waals surface area contributed by atoms with E-state index in [0.29, 0.717) is 0 Å². The molecule has 0 heterocycles. The molecule has 0 amide bonds. The highest BCUT2D eigenvalue weighted by atomic mass is 16.3. The van der Waals surface area contributed by atoms with E-state index < -0.39 is 0 Å². The van der Waals surface area contributed by atoms with E-state index in [1.165, 1.54) is 0 Å². The highest BCUT2D eigenvalue weighted by Crippen LogP contribution is 2.04. The molecular weight excluding hydrogens is 138 g/mol. The quantitative estimate of drug-likeness (QED) is 0.582. The lowest BCUT2D eigenvalue weighted by Gasteiger charge is -2.05. The minimum atomic E-state index is -0.170. The molecule has 2 heteroatoms. The van der Waals surface area contributed by atoms with Gasteiger partial charge >= 0.3 is 0 Å². The Bertz CT molecular complexity index is 89.7. The van der Waals surface area contributed by atoms with Crippen molar-refractivity contribution in [3.63, 3.8) is 0 Å². The van der Waals surface area contributed by atoms with Gasteiger partial charge in [-0.1, -0.05) is 12.2 Å². The maximum atomic E-state index is 9.22. The maximum absolute atomic E-state index is 9.22. The first-order valence-corrected chi connectivity index (χ1v) is 3.71. The van der Waals surface area contributed by atoms with Crippen LogP contribution < -0.4 is 6.15 Å². The van der Waals surface area contributed by atoms with Gasteiger partial charge in [0.25, 0.3) is 0 Å². The summed E-state index contributed by atoms with van der Waals surface area (Å²) in [6.07, 6.45) is 6.95. The second-order valence-electron chi connectivity index (χ2n) is 2.39. The fraction of sp³-hybridized carbons (Fsp3) is 0.556. The highest BCUT2D eigenvalue weighted by Gasteiger charge is 1.99. The number of allylic oxidation sites excluding steroid dienone is 2. The average molecular weight is 157 g/mol. The summed E-state index contributed by atoms with van der Waals surface area (Å²) in [5, 5.41) is 9.22. The molecule has 0 aliphatic carbocycles. The third kappa shape index (κ3) is 9.40. The van der Waals surface area contributed by atoms with Crippen LogP contribution in [-0.4, -0.2) is 11.2 Å². The van der Waals surface area contributed by atoms with Crippen LogP contribution in [0.3, 0.4) is 0 Å². The van der Waals surface area contributed by atoms with Crippen molar-refractivity contribution in [3.8, 4) is 0 Å². The molecule has 2 nitrogen and oxygen atoms in total. The van der Waals surface area contributed by atoms with Crippen molar-refractivity contribution in [2.45, 2.75) is 31.8 Å². The first-order chi connectivity index (χ1) is 4.81. The Balaban J connectivity index is 0. The minimum absolute atomic E-state index is 0. The van der Waals surface area contributed by atoms with Crippen molar-refractivity contribution >= 4 is 0 Å². The standard InChI is InChI=1S/C9H16O.H3N/c1-3-5-7-9(10)8-6-4-2;/h3-4,9-10H,1-2,5-8H2;1H3. The summed E-state index contributed by atoms with van der Waals surface area (Å²) in [6, 6.07) is 0. The molecule has 0 saturated carbocycles. The summed E-state index contributed by atoms with van der Waals surface area (Å²) in [6.45, 7) is 7.16. The van der Waals surface area contributed by atoms with Gasteiger partial charge in [-0.25, -0.2) is 0 Å². The maximum Gasteiger partial charge on any atom is 0.0546 e. The zero-order valence-corrected chi connectivity index (χ0v) is 7.13. The summed E-state index contributed by atoms with van der Waals surface area (Å²) in [5.41, 5.74) is 0. The molecule has 0 aliphatic heterocycles. The number of rotatable bonds is 6. The average Bonchev–Trinajstić information content (AvgIpc) is 1.97. The van der Waals surface area contributed by atoms with Crippen LogP contribution in [0, 0.1) is 0 Å². The van der Waals surface area contributed by atoms with Gasteiger partial charge in [0, 0.05) is 0 Å². The predicted octanol–water partition coefficient (Wildman–Crippen LogP) is 2.44. The molecule has 0 radical (unpaired) electrons. The first kappa shape index (κ1) is 13.0. The predicted molar refractivity (Wildman–Crippen MR) is 49.9 cm³/mol. The molecule has 0 aromatic carbocycles. The molecule has 0 fully saturated rings. The molecule has 4 N–H and O–H groups in total. The van der Waals surface area contributed by atoms with Crippen LogP contribution in [-0.2, 0) is 0 Å². The fourth-order valence-electron chi connectivity index (χ4n) is 0.765. The minimum Gasteiger partial charge on any atom is -0.393 e. The Morgan fingerprint density at radius 1 is 1.09 bits per heavy atom. The highest BCUT2D eigenvalue weighted by molar-refractivity contribution is 4.72. The molecule has 0 saturated heterocycles. The van der Waals surface area contributed by atoms with Crippen molar-refractivity contribution in [3.05, 3.63) is 25.3 Å². The van der Waals surface area contributed by atoms with Gasteiger partial charge < -0.3 is 11.3 Å². The van der Waals surface area contributed by atoms with Crippen LogP contribution in [0.15, 0.2) is 25.3 Å². The van der Waals surface area contributed by atoms with Crippen molar-refractivity contribution in [2.24, 2.45) is 0 Å². The molecule has 0 aromatic rings. The van der Waals surface area contributed by atoms with Crippen molar-refractivity contribution < 1.29 is 5.11 Å². The molecule has 0 rings (SSSR count). The lowest BCUT2D eigenvalue weighted by Crippen LogP contribution is -2.04. The van der Waals surface area contributed by atoms with E-state index in [0.717, 1.165) is 25.7 Å². The molecule has 0 bridgehead atoms. The molecule has 0 aliphatic rings.